The average Bonchev–Trinajstić information content (AvgIpc) is 2.64. The van der Waals surface area contributed by atoms with Gasteiger partial charge in [-0.15, -0.1) is 0 Å². The van der Waals surface area contributed by atoms with E-state index in [-0.39, 0.29) is 24.2 Å². The summed E-state index contributed by atoms with van der Waals surface area (Å²) in [5, 5.41) is 0. The highest BCUT2D eigenvalue weighted by Crippen LogP contribution is 2.19. The molecule has 0 N–H and O–H groups in total. The molecule has 1 aliphatic heterocycles. The second kappa shape index (κ2) is 7.92. The molecule has 2 aromatic rings. The number of halogens is 1. The Kier molecular flexibility index (Phi) is 5.42. The van der Waals surface area contributed by atoms with E-state index < -0.39 is 0 Å². The summed E-state index contributed by atoms with van der Waals surface area (Å²) in [6, 6.07) is 6.35. The number of methoxy groups -OCH3 is 1. The summed E-state index contributed by atoms with van der Waals surface area (Å²) in [7, 11) is 1.51. The number of carbonyl (C=O) groups excluding carboxylic acids is 1. The molecule has 132 valence electrons. The zero-order chi connectivity index (χ0) is 17.6. The molecule has 25 heavy (non-hydrogen) atoms. The molecule has 0 radical (unpaired) electrons. The highest BCUT2D eigenvalue weighted by atomic mass is 19.1. The summed E-state index contributed by atoms with van der Waals surface area (Å²) < 4.78 is 24.6. The van der Waals surface area contributed by atoms with E-state index in [2.05, 4.69) is 9.97 Å². The number of likely N-dealkylation sites (tertiary alicyclic amines) is 1. The van der Waals surface area contributed by atoms with Crippen LogP contribution in [0, 0.1) is 5.82 Å². The van der Waals surface area contributed by atoms with E-state index in [0.717, 1.165) is 12.8 Å². The minimum atomic E-state index is -0.354. The third kappa shape index (κ3) is 4.43. The van der Waals surface area contributed by atoms with Crippen LogP contribution in [0.4, 0.5) is 4.39 Å². The van der Waals surface area contributed by atoms with Gasteiger partial charge >= 0.3 is 0 Å². The van der Waals surface area contributed by atoms with Crippen LogP contribution in [0.3, 0.4) is 0 Å². The van der Waals surface area contributed by atoms with Crippen molar-refractivity contribution < 1.29 is 18.7 Å². The standard InChI is InChI=1S/C18H20FN3O3/c1-24-16-10-20-11-17(21-16)25-14-6-4-8-22(12-14)18(23)9-13-5-2-3-7-15(13)19/h2-3,5,7,10-11,14H,4,6,8-9,12H2,1H3. The SMILES string of the molecule is COc1cncc(OC2CCCN(C(=O)Cc3ccccc3F)C2)n1. The van der Waals surface area contributed by atoms with Gasteiger partial charge in [0.1, 0.15) is 11.9 Å². The van der Waals surface area contributed by atoms with Crippen LogP contribution in [0.15, 0.2) is 36.7 Å². The van der Waals surface area contributed by atoms with E-state index in [4.69, 9.17) is 9.47 Å². The molecule has 0 aliphatic carbocycles. The lowest BCUT2D eigenvalue weighted by Gasteiger charge is -2.32. The summed E-state index contributed by atoms with van der Waals surface area (Å²) in [6.07, 6.45) is 4.55. The van der Waals surface area contributed by atoms with Crippen molar-refractivity contribution in [3.8, 4) is 11.8 Å². The minimum absolute atomic E-state index is 0.0539. The molecule has 3 rings (SSSR count). The van der Waals surface area contributed by atoms with Crippen molar-refractivity contribution >= 4 is 5.91 Å². The van der Waals surface area contributed by atoms with Crippen molar-refractivity contribution in [1.29, 1.82) is 0 Å². The average molecular weight is 345 g/mol. The van der Waals surface area contributed by atoms with Crippen LogP contribution >= 0.6 is 0 Å². The molecule has 6 nitrogen and oxygen atoms in total. The minimum Gasteiger partial charge on any atom is -0.480 e. The smallest absolute Gasteiger partial charge is 0.235 e. The molecular weight excluding hydrogens is 325 g/mol. The monoisotopic (exact) mass is 345 g/mol. The van der Waals surface area contributed by atoms with Crippen LogP contribution in [0.2, 0.25) is 0 Å². The van der Waals surface area contributed by atoms with Crippen LogP contribution < -0.4 is 9.47 Å². The fourth-order valence-electron chi connectivity index (χ4n) is 2.83. The molecule has 1 atom stereocenters. The number of aromatic nitrogens is 2. The fourth-order valence-corrected chi connectivity index (χ4v) is 2.83. The van der Waals surface area contributed by atoms with Crippen molar-refractivity contribution in [3.05, 3.63) is 48.0 Å². The van der Waals surface area contributed by atoms with Gasteiger partial charge < -0.3 is 14.4 Å². The van der Waals surface area contributed by atoms with Crippen molar-refractivity contribution in [1.82, 2.24) is 14.9 Å². The van der Waals surface area contributed by atoms with Gasteiger partial charge in [-0.2, -0.15) is 4.98 Å². The van der Waals surface area contributed by atoms with Crippen LogP contribution in [-0.2, 0) is 11.2 Å². The van der Waals surface area contributed by atoms with Crippen molar-refractivity contribution in [2.75, 3.05) is 20.2 Å². The Labute approximate surface area is 145 Å². The van der Waals surface area contributed by atoms with Gasteiger partial charge in [0.05, 0.1) is 32.5 Å². The molecule has 2 heterocycles. The second-order valence-electron chi connectivity index (χ2n) is 5.89. The highest BCUT2D eigenvalue weighted by Gasteiger charge is 2.25. The van der Waals surface area contributed by atoms with Crippen molar-refractivity contribution in [2.45, 2.75) is 25.4 Å². The number of carbonyl (C=O) groups is 1. The van der Waals surface area contributed by atoms with Crippen LogP contribution in [-0.4, -0.2) is 47.1 Å². The molecule has 1 saturated heterocycles. The number of ether oxygens (including phenoxy) is 2. The first-order chi connectivity index (χ1) is 12.2. The molecule has 0 bridgehead atoms. The van der Waals surface area contributed by atoms with E-state index in [1.54, 1.807) is 23.1 Å². The van der Waals surface area contributed by atoms with Gasteiger partial charge in [-0.25, -0.2) is 4.39 Å². The molecule has 1 aromatic heterocycles. The quantitative estimate of drug-likeness (QED) is 0.831. The molecule has 0 spiro atoms. The number of hydrogen-bond acceptors (Lipinski definition) is 5. The Bertz CT molecular complexity index is 741. The first-order valence-corrected chi connectivity index (χ1v) is 8.19. The maximum absolute atomic E-state index is 13.7. The predicted molar refractivity (Wildman–Crippen MR) is 88.9 cm³/mol. The van der Waals surface area contributed by atoms with E-state index in [1.165, 1.54) is 25.6 Å². The van der Waals surface area contributed by atoms with Gasteiger partial charge in [0.2, 0.25) is 17.7 Å². The largest absolute Gasteiger partial charge is 0.480 e. The summed E-state index contributed by atoms with van der Waals surface area (Å²) in [6.45, 7) is 1.10. The fraction of sp³-hybridized carbons (Fsp3) is 0.389. The number of piperidine rings is 1. The zero-order valence-electron chi connectivity index (χ0n) is 14.0. The lowest BCUT2D eigenvalue weighted by atomic mass is 10.1. The first kappa shape index (κ1) is 17.1. The highest BCUT2D eigenvalue weighted by molar-refractivity contribution is 5.79. The Balaban J connectivity index is 1.60. The summed E-state index contributed by atoms with van der Waals surface area (Å²) in [4.78, 5) is 22.4. The third-order valence-electron chi connectivity index (χ3n) is 4.12. The Hall–Kier alpha value is -2.70. The second-order valence-corrected chi connectivity index (χ2v) is 5.89. The number of amides is 1. The predicted octanol–water partition coefficient (Wildman–Crippen LogP) is 2.24. The third-order valence-corrected chi connectivity index (χ3v) is 4.12. The van der Waals surface area contributed by atoms with E-state index >= 15 is 0 Å². The van der Waals surface area contributed by atoms with Gasteiger partial charge in [-0.1, -0.05) is 18.2 Å². The summed E-state index contributed by atoms with van der Waals surface area (Å²) in [5.74, 6) is 0.288. The number of rotatable bonds is 5. The molecule has 0 saturated carbocycles. The van der Waals surface area contributed by atoms with Gasteiger partial charge in [0.25, 0.3) is 0 Å². The van der Waals surface area contributed by atoms with Gasteiger partial charge in [-0.05, 0) is 24.5 Å². The molecule has 7 heteroatoms. The maximum Gasteiger partial charge on any atom is 0.235 e. The summed E-state index contributed by atoms with van der Waals surface area (Å²) in [5.41, 5.74) is 0.411. The number of nitrogens with zero attached hydrogens (tertiary/aromatic N) is 3. The molecule has 1 aliphatic rings. The van der Waals surface area contributed by atoms with Gasteiger partial charge in [0, 0.05) is 6.54 Å². The van der Waals surface area contributed by atoms with Crippen LogP contribution in [0.1, 0.15) is 18.4 Å². The van der Waals surface area contributed by atoms with Crippen molar-refractivity contribution in [2.24, 2.45) is 0 Å². The Morgan fingerprint density at radius 1 is 1.32 bits per heavy atom. The number of benzene rings is 1. The molecule has 1 aromatic carbocycles. The Morgan fingerprint density at radius 3 is 2.92 bits per heavy atom. The molecule has 1 fully saturated rings. The lowest BCUT2D eigenvalue weighted by molar-refractivity contribution is -0.133. The van der Waals surface area contributed by atoms with Gasteiger partial charge in [-0.3, -0.25) is 9.78 Å². The number of hydrogen-bond donors (Lipinski definition) is 0. The Morgan fingerprint density at radius 2 is 2.12 bits per heavy atom. The lowest BCUT2D eigenvalue weighted by Crippen LogP contribution is -2.45. The van der Waals surface area contributed by atoms with E-state index in [0.29, 0.717) is 30.4 Å². The van der Waals surface area contributed by atoms with Crippen molar-refractivity contribution in [3.63, 3.8) is 0 Å². The van der Waals surface area contributed by atoms with E-state index in [1.807, 2.05) is 0 Å². The first-order valence-electron chi connectivity index (χ1n) is 8.19. The topological polar surface area (TPSA) is 64.6 Å². The van der Waals surface area contributed by atoms with Crippen LogP contribution in [0.25, 0.3) is 0 Å². The normalized spacial score (nSPS) is 17.2. The molecule has 1 unspecified atom stereocenters. The van der Waals surface area contributed by atoms with E-state index in [9.17, 15) is 9.18 Å². The van der Waals surface area contributed by atoms with Crippen LogP contribution in [0.5, 0.6) is 11.8 Å². The molecular formula is C18H20FN3O3. The summed E-state index contributed by atoms with van der Waals surface area (Å²) >= 11 is 0. The van der Waals surface area contributed by atoms with Gasteiger partial charge in [0.15, 0.2) is 0 Å². The zero-order valence-corrected chi connectivity index (χ0v) is 14.0. The molecule has 1 amide bonds. The maximum atomic E-state index is 13.7.